The monoisotopic (exact) mass is 491 g/mol. The van der Waals surface area contributed by atoms with Gasteiger partial charge in [0.15, 0.2) is 11.5 Å². The van der Waals surface area contributed by atoms with Gasteiger partial charge in [-0.05, 0) is 63.5 Å². The van der Waals surface area contributed by atoms with Crippen molar-refractivity contribution in [2.75, 3.05) is 6.79 Å². The number of rotatable bonds is 7. The normalized spacial score (nSPS) is 11.9. The second-order valence-corrected chi connectivity index (χ2v) is 7.76. The van der Waals surface area contributed by atoms with E-state index < -0.39 is 0 Å². The fraction of sp³-hybridized carbons (Fsp3) is 0.125. The summed E-state index contributed by atoms with van der Waals surface area (Å²) in [5.74, 6) is 1.72. The van der Waals surface area contributed by atoms with E-state index >= 15 is 0 Å². The Kier molecular flexibility index (Phi) is 6.68. The number of ether oxygens (including phenoxy) is 3. The molecule has 0 atom stereocenters. The van der Waals surface area contributed by atoms with E-state index in [9.17, 15) is 10.1 Å². The van der Waals surface area contributed by atoms with Gasteiger partial charge in [-0.3, -0.25) is 4.79 Å². The summed E-state index contributed by atoms with van der Waals surface area (Å²) in [7, 11) is 0. The van der Waals surface area contributed by atoms with E-state index in [0.29, 0.717) is 22.8 Å². The Bertz CT molecular complexity index is 1220. The van der Waals surface area contributed by atoms with Gasteiger partial charge in [-0.15, -0.1) is 0 Å². The number of carbonyl (C=O) groups is 1. The molecule has 0 aliphatic carbocycles. The fourth-order valence-electron chi connectivity index (χ4n) is 3.08. The lowest BCUT2D eigenvalue weighted by atomic mass is 10.1. The lowest BCUT2D eigenvalue weighted by molar-refractivity contribution is -0.120. The van der Waals surface area contributed by atoms with Gasteiger partial charge in [0.05, 0.1) is 28.7 Å². The lowest BCUT2D eigenvalue weighted by Gasteiger charge is -2.10. The summed E-state index contributed by atoms with van der Waals surface area (Å²) in [6.45, 7) is 0.480. The molecule has 0 bridgehead atoms. The number of hydrogen-bond acceptors (Lipinski definition) is 6. The Balaban J connectivity index is 1.31. The first-order valence-corrected chi connectivity index (χ1v) is 10.5. The summed E-state index contributed by atoms with van der Waals surface area (Å²) in [6.07, 6.45) is 1.73. The van der Waals surface area contributed by atoms with Crippen LogP contribution in [-0.2, 0) is 17.8 Å². The molecule has 7 nitrogen and oxygen atoms in total. The van der Waals surface area contributed by atoms with Crippen LogP contribution in [0.5, 0.6) is 17.2 Å². The number of carbonyl (C=O) groups excluding carboxylic acids is 1. The Morgan fingerprint density at radius 2 is 2.00 bits per heavy atom. The van der Waals surface area contributed by atoms with Gasteiger partial charge in [0.2, 0.25) is 12.7 Å². The molecule has 1 aliphatic heterocycles. The number of fused-ring (bicyclic) bond motifs is 1. The van der Waals surface area contributed by atoms with Crippen molar-refractivity contribution in [2.24, 2.45) is 5.10 Å². The zero-order valence-electron chi connectivity index (χ0n) is 16.9. The maximum atomic E-state index is 12.1. The minimum absolute atomic E-state index is 0.175. The molecule has 0 spiro atoms. The average Bonchev–Trinajstić information content (AvgIpc) is 3.26. The van der Waals surface area contributed by atoms with Gasteiger partial charge in [-0.25, -0.2) is 5.43 Å². The maximum absolute atomic E-state index is 12.1. The highest BCUT2D eigenvalue weighted by Gasteiger charge is 2.14. The number of amides is 1. The molecule has 1 N–H and O–H groups in total. The molecule has 0 fully saturated rings. The number of nitriles is 1. The molecule has 0 saturated carbocycles. The zero-order valence-corrected chi connectivity index (χ0v) is 18.5. The number of halogens is 1. The molecule has 1 aliphatic rings. The van der Waals surface area contributed by atoms with Crippen LogP contribution in [0.4, 0.5) is 0 Å². The Morgan fingerprint density at radius 1 is 1.16 bits per heavy atom. The van der Waals surface area contributed by atoms with E-state index in [0.717, 1.165) is 21.2 Å². The third kappa shape index (κ3) is 5.25. The molecule has 3 aromatic carbocycles. The highest BCUT2D eigenvalue weighted by molar-refractivity contribution is 9.10. The van der Waals surface area contributed by atoms with Gasteiger partial charge in [-0.1, -0.05) is 24.3 Å². The standard InChI is InChI=1S/C24H18BrN3O4/c25-20-9-17(6-7-21(20)30-14-19-4-2-1-3-18(19)12-26)13-27-28-24(29)11-16-5-8-22-23(10-16)32-15-31-22/h1-10,13H,11,14-15H2,(H,28,29)/b27-13-. The van der Waals surface area contributed by atoms with Gasteiger partial charge in [0.1, 0.15) is 12.4 Å². The summed E-state index contributed by atoms with van der Waals surface area (Å²) < 4.78 is 17.2. The predicted octanol–water partition coefficient (Wildman–Crippen LogP) is 4.32. The SMILES string of the molecule is N#Cc1ccccc1COc1ccc(/C=N\NC(=O)Cc2ccc3c(c2)OCO3)cc1Br. The molecule has 0 radical (unpaired) electrons. The van der Waals surface area contributed by atoms with Crippen LogP contribution < -0.4 is 19.6 Å². The van der Waals surface area contributed by atoms with Gasteiger partial charge >= 0.3 is 0 Å². The van der Waals surface area contributed by atoms with Gasteiger partial charge < -0.3 is 14.2 Å². The first kappa shape index (κ1) is 21.4. The lowest BCUT2D eigenvalue weighted by Crippen LogP contribution is -2.19. The molecule has 1 heterocycles. The minimum Gasteiger partial charge on any atom is -0.488 e. The van der Waals surface area contributed by atoms with Crippen molar-refractivity contribution in [1.29, 1.82) is 5.26 Å². The number of hydrazone groups is 1. The first-order valence-electron chi connectivity index (χ1n) is 9.73. The summed E-state index contributed by atoms with van der Waals surface area (Å²) in [5.41, 5.74) is 5.52. The van der Waals surface area contributed by atoms with Crippen LogP contribution in [0.1, 0.15) is 22.3 Å². The molecule has 0 aromatic heterocycles. The van der Waals surface area contributed by atoms with Crippen LogP contribution >= 0.6 is 15.9 Å². The molecule has 32 heavy (non-hydrogen) atoms. The van der Waals surface area contributed by atoms with Gasteiger partial charge in [-0.2, -0.15) is 10.4 Å². The number of benzene rings is 3. The summed E-state index contributed by atoms with van der Waals surface area (Å²) >= 11 is 3.48. The van der Waals surface area contributed by atoms with E-state index in [1.54, 1.807) is 30.5 Å². The van der Waals surface area contributed by atoms with Crippen LogP contribution in [0, 0.1) is 11.3 Å². The van der Waals surface area contributed by atoms with E-state index in [1.807, 2.05) is 36.4 Å². The molecule has 160 valence electrons. The zero-order chi connectivity index (χ0) is 22.3. The smallest absolute Gasteiger partial charge is 0.244 e. The minimum atomic E-state index is -0.240. The Hall–Kier alpha value is -3.83. The van der Waals surface area contributed by atoms with Crippen molar-refractivity contribution >= 4 is 28.1 Å². The largest absolute Gasteiger partial charge is 0.488 e. The van der Waals surface area contributed by atoms with Crippen LogP contribution in [0.15, 0.2) is 70.2 Å². The van der Waals surface area contributed by atoms with Crippen molar-refractivity contribution < 1.29 is 19.0 Å². The quantitative estimate of drug-likeness (QED) is 0.392. The molecule has 0 saturated heterocycles. The number of nitrogens with zero attached hydrogens (tertiary/aromatic N) is 2. The van der Waals surface area contributed by atoms with Crippen molar-refractivity contribution in [2.45, 2.75) is 13.0 Å². The fourth-order valence-corrected chi connectivity index (χ4v) is 3.59. The van der Waals surface area contributed by atoms with Crippen molar-refractivity contribution in [3.8, 4) is 23.3 Å². The van der Waals surface area contributed by atoms with E-state index in [1.165, 1.54) is 0 Å². The third-order valence-corrected chi connectivity index (χ3v) is 5.30. The molecule has 4 rings (SSSR count). The van der Waals surface area contributed by atoms with Crippen LogP contribution in [-0.4, -0.2) is 18.9 Å². The van der Waals surface area contributed by atoms with Crippen LogP contribution in [0.25, 0.3) is 0 Å². The highest BCUT2D eigenvalue weighted by Crippen LogP contribution is 2.32. The van der Waals surface area contributed by atoms with Crippen LogP contribution in [0.3, 0.4) is 0 Å². The molecule has 8 heteroatoms. The molecular weight excluding hydrogens is 474 g/mol. The predicted molar refractivity (Wildman–Crippen MR) is 122 cm³/mol. The van der Waals surface area contributed by atoms with Crippen molar-refractivity contribution in [1.82, 2.24) is 5.43 Å². The van der Waals surface area contributed by atoms with Crippen molar-refractivity contribution in [3.63, 3.8) is 0 Å². The van der Waals surface area contributed by atoms with Crippen molar-refractivity contribution in [3.05, 3.63) is 87.4 Å². The second-order valence-electron chi connectivity index (χ2n) is 6.91. The van der Waals surface area contributed by atoms with Gasteiger partial charge in [0, 0.05) is 5.56 Å². The Morgan fingerprint density at radius 3 is 2.84 bits per heavy atom. The molecule has 0 unspecified atom stereocenters. The van der Waals surface area contributed by atoms with Gasteiger partial charge in [0.25, 0.3) is 0 Å². The third-order valence-electron chi connectivity index (χ3n) is 4.68. The molecule has 3 aromatic rings. The van der Waals surface area contributed by atoms with E-state index in [4.69, 9.17) is 14.2 Å². The molecular formula is C24H18BrN3O4. The van der Waals surface area contributed by atoms with Crippen LogP contribution in [0.2, 0.25) is 0 Å². The van der Waals surface area contributed by atoms with E-state index in [2.05, 4.69) is 32.5 Å². The summed E-state index contributed by atoms with van der Waals surface area (Å²) in [4.78, 5) is 12.1. The molecule has 1 amide bonds. The average molecular weight is 492 g/mol. The number of hydrogen-bond donors (Lipinski definition) is 1. The summed E-state index contributed by atoms with van der Waals surface area (Å²) in [6, 6.07) is 20.3. The topological polar surface area (TPSA) is 92.9 Å². The second kappa shape index (κ2) is 9.98. The number of nitrogens with one attached hydrogen (secondary N) is 1. The summed E-state index contributed by atoms with van der Waals surface area (Å²) in [5, 5.41) is 13.2. The maximum Gasteiger partial charge on any atom is 0.244 e. The first-order chi connectivity index (χ1) is 15.6. The Labute approximate surface area is 193 Å². The van der Waals surface area contributed by atoms with E-state index in [-0.39, 0.29) is 25.7 Å². The highest BCUT2D eigenvalue weighted by atomic mass is 79.9.